The van der Waals surface area contributed by atoms with Gasteiger partial charge in [0.1, 0.15) is 9.16 Å². The third kappa shape index (κ3) is 1.91. The van der Waals surface area contributed by atoms with Crippen LogP contribution in [0.3, 0.4) is 0 Å². The lowest BCUT2D eigenvalue weighted by atomic mass is 9.76. The van der Waals surface area contributed by atoms with Crippen LogP contribution in [-0.4, -0.2) is 13.4 Å². The Kier molecular flexibility index (Phi) is 3.09. The fourth-order valence-corrected chi connectivity index (χ4v) is 10.3. The summed E-state index contributed by atoms with van der Waals surface area (Å²) in [4.78, 5) is 0. The summed E-state index contributed by atoms with van der Waals surface area (Å²) in [5, 5.41) is 0. The molecular formula is C12H20OS3. The predicted molar refractivity (Wildman–Crippen MR) is 76.8 cm³/mol. The van der Waals surface area contributed by atoms with Crippen molar-refractivity contribution in [2.45, 2.75) is 50.7 Å². The Balaban J connectivity index is 2.58. The normalized spacial score (nSPS) is 35.0. The smallest absolute Gasteiger partial charge is 0.114 e. The first-order valence-corrected chi connectivity index (χ1v) is 9.16. The zero-order valence-electron chi connectivity index (χ0n) is 10.8. The Morgan fingerprint density at radius 3 is 1.44 bits per heavy atom. The highest BCUT2D eigenvalue weighted by Gasteiger charge is 2.53. The van der Waals surface area contributed by atoms with Crippen molar-refractivity contribution in [2.24, 2.45) is 10.8 Å². The van der Waals surface area contributed by atoms with Crippen molar-refractivity contribution in [1.29, 1.82) is 0 Å². The second kappa shape index (κ2) is 3.79. The Morgan fingerprint density at radius 1 is 0.875 bits per heavy atom. The molecule has 4 heteroatoms. The number of rotatable bonds is 0. The van der Waals surface area contributed by atoms with Crippen LogP contribution in [0.25, 0.3) is 0 Å². The molecule has 16 heavy (non-hydrogen) atoms. The molecule has 1 fully saturated rings. The van der Waals surface area contributed by atoms with E-state index in [1.807, 2.05) is 21.6 Å². The van der Waals surface area contributed by atoms with Crippen LogP contribution < -0.4 is 0 Å². The molecule has 1 saturated heterocycles. The zero-order valence-corrected chi connectivity index (χ0v) is 13.2. The molecule has 2 aliphatic rings. The van der Waals surface area contributed by atoms with Crippen molar-refractivity contribution in [3.05, 3.63) is 11.1 Å². The van der Waals surface area contributed by atoms with E-state index in [2.05, 4.69) is 41.5 Å². The van der Waals surface area contributed by atoms with Gasteiger partial charge in [0.15, 0.2) is 0 Å². The zero-order chi connectivity index (χ0) is 12.3. The second-order valence-corrected chi connectivity index (χ2v) is 11.2. The maximum atomic E-state index is 12.3. The summed E-state index contributed by atoms with van der Waals surface area (Å²) in [6, 6.07) is 0. The van der Waals surface area contributed by atoms with Gasteiger partial charge in [-0.05, 0) is 22.0 Å². The van der Waals surface area contributed by atoms with Crippen LogP contribution in [0, 0.1) is 10.8 Å². The topological polar surface area (TPSA) is 17.1 Å². The van der Waals surface area contributed by atoms with Crippen LogP contribution in [0.2, 0.25) is 0 Å². The third-order valence-corrected chi connectivity index (χ3v) is 9.21. The molecular weight excluding hydrogens is 256 g/mol. The minimum absolute atomic E-state index is 0.145. The van der Waals surface area contributed by atoms with E-state index in [9.17, 15) is 4.21 Å². The lowest BCUT2D eigenvalue weighted by Gasteiger charge is -2.34. The molecule has 2 heterocycles. The first-order chi connectivity index (χ1) is 7.14. The molecule has 0 aromatic carbocycles. The summed E-state index contributed by atoms with van der Waals surface area (Å²) >= 11 is 0. The molecule has 3 atom stereocenters. The van der Waals surface area contributed by atoms with E-state index in [1.54, 1.807) is 0 Å². The van der Waals surface area contributed by atoms with Gasteiger partial charge >= 0.3 is 0 Å². The molecule has 0 spiro atoms. The van der Waals surface area contributed by atoms with Crippen molar-refractivity contribution < 1.29 is 4.21 Å². The molecule has 1 unspecified atom stereocenters. The Hall–Kier alpha value is 0.590. The third-order valence-electron chi connectivity index (χ3n) is 3.03. The van der Waals surface area contributed by atoms with Crippen LogP contribution in [0.15, 0.2) is 11.1 Å². The fraction of sp³-hybridized carbons (Fsp3) is 0.833. The highest BCUT2D eigenvalue weighted by Crippen LogP contribution is 2.62. The Labute approximate surface area is 109 Å². The highest BCUT2D eigenvalue weighted by atomic mass is 33.1. The van der Waals surface area contributed by atoms with Gasteiger partial charge in [-0.1, -0.05) is 63.1 Å². The van der Waals surface area contributed by atoms with E-state index in [4.69, 9.17) is 0 Å². The Morgan fingerprint density at radius 2 is 1.19 bits per heavy atom. The van der Waals surface area contributed by atoms with Gasteiger partial charge in [-0.15, -0.1) is 0 Å². The maximum Gasteiger partial charge on any atom is 0.114 e. The largest absolute Gasteiger partial charge is 0.257 e. The molecule has 2 bridgehead atoms. The van der Waals surface area contributed by atoms with E-state index >= 15 is 0 Å². The number of hydrogen-bond donors (Lipinski definition) is 0. The molecule has 0 amide bonds. The van der Waals surface area contributed by atoms with Gasteiger partial charge in [0.05, 0.1) is 10.8 Å². The van der Waals surface area contributed by atoms with Crippen LogP contribution in [0.5, 0.6) is 0 Å². The quantitative estimate of drug-likeness (QED) is 0.488. The van der Waals surface area contributed by atoms with Gasteiger partial charge in [-0.3, -0.25) is 4.21 Å². The minimum Gasteiger partial charge on any atom is -0.257 e. The van der Waals surface area contributed by atoms with Gasteiger partial charge in [0, 0.05) is 0 Å². The minimum atomic E-state index is -0.702. The number of hydrogen-bond acceptors (Lipinski definition) is 3. The molecule has 0 aromatic heterocycles. The molecule has 0 aliphatic carbocycles. The summed E-state index contributed by atoms with van der Waals surface area (Å²) in [5.74, 6) is 0. The molecule has 0 N–H and O–H groups in total. The first-order valence-electron chi connectivity index (χ1n) is 5.60. The van der Waals surface area contributed by atoms with Crippen LogP contribution >= 0.6 is 21.6 Å². The standard InChI is InChI=1S/C12H20OS3/c1-11(2,3)7-8(12(4,5)6)10-15-14-9(7)16(10)13/h9-10H,1-6H3/t9-,10+,16?. The molecule has 0 saturated carbocycles. The van der Waals surface area contributed by atoms with Crippen LogP contribution in [0.1, 0.15) is 41.5 Å². The second-order valence-electron chi connectivity index (χ2n) is 6.51. The molecule has 1 nitrogen and oxygen atoms in total. The number of fused-ring (bicyclic) bond motifs is 2. The van der Waals surface area contributed by atoms with Gasteiger partial charge in [-0.25, -0.2) is 0 Å². The molecule has 2 aliphatic heterocycles. The average molecular weight is 276 g/mol. The van der Waals surface area contributed by atoms with E-state index in [-0.39, 0.29) is 20.0 Å². The van der Waals surface area contributed by atoms with Crippen molar-refractivity contribution in [1.82, 2.24) is 0 Å². The van der Waals surface area contributed by atoms with Crippen LogP contribution in [0.4, 0.5) is 0 Å². The lowest BCUT2D eigenvalue weighted by Crippen LogP contribution is -2.24. The summed E-state index contributed by atoms with van der Waals surface area (Å²) < 4.78 is 12.8. The van der Waals surface area contributed by atoms with E-state index < -0.39 is 10.8 Å². The summed E-state index contributed by atoms with van der Waals surface area (Å²) in [5.41, 5.74) is 3.19. The average Bonchev–Trinajstić information content (AvgIpc) is 2.56. The van der Waals surface area contributed by atoms with Gasteiger partial charge < -0.3 is 0 Å². The van der Waals surface area contributed by atoms with Gasteiger partial charge in [-0.2, -0.15) is 0 Å². The van der Waals surface area contributed by atoms with E-state index in [0.717, 1.165) is 0 Å². The van der Waals surface area contributed by atoms with Crippen LogP contribution in [-0.2, 0) is 10.8 Å². The van der Waals surface area contributed by atoms with Gasteiger partial charge in [0.2, 0.25) is 0 Å². The highest BCUT2D eigenvalue weighted by molar-refractivity contribution is 8.82. The predicted octanol–water partition coefficient (Wildman–Crippen LogP) is 4.18. The van der Waals surface area contributed by atoms with Gasteiger partial charge in [0.25, 0.3) is 0 Å². The molecule has 0 aromatic rings. The lowest BCUT2D eigenvalue weighted by molar-refractivity contribution is 0.447. The van der Waals surface area contributed by atoms with Crippen molar-refractivity contribution in [2.75, 3.05) is 0 Å². The molecule has 92 valence electrons. The first kappa shape index (κ1) is 13.0. The summed E-state index contributed by atoms with van der Waals surface area (Å²) in [6.45, 7) is 13.5. The summed E-state index contributed by atoms with van der Waals surface area (Å²) in [7, 11) is 2.92. The summed E-state index contributed by atoms with van der Waals surface area (Å²) in [6.07, 6.45) is 0. The van der Waals surface area contributed by atoms with E-state index in [1.165, 1.54) is 11.1 Å². The Bertz CT molecular complexity index is 337. The maximum absolute atomic E-state index is 12.3. The SMILES string of the molecule is CC(C)(C)C1=C(C(C)(C)C)[C@@H]2SS[C@H]1S2=O. The molecule has 0 radical (unpaired) electrons. The monoisotopic (exact) mass is 276 g/mol. The van der Waals surface area contributed by atoms with Crippen molar-refractivity contribution in [3.63, 3.8) is 0 Å². The van der Waals surface area contributed by atoms with E-state index in [0.29, 0.717) is 0 Å². The van der Waals surface area contributed by atoms with Crippen molar-refractivity contribution in [3.8, 4) is 0 Å². The fourth-order valence-electron chi connectivity index (χ4n) is 2.39. The molecule has 2 rings (SSSR count). The van der Waals surface area contributed by atoms with Crippen molar-refractivity contribution >= 4 is 32.4 Å².